The number of aromatic nitrogens is 1. The van der Waals surface area contributed by atoms with Gasteiger partial charge in [-0.15, -0.1) is 0 Å². The number of amides is 2. The molecule has 2 amide bonds. The van der Waals surface area contributed by atoms with E-state index in [-0.39, 0.29) is 52.0 Å². The molecule has 5 nitrogen and oxygen atoms in total. The third-order valence-corrected chi connectivity index (χ3v) is 15.2. The Bertz CT molecular complexity index is 1490. The number of fused-ring (bicyclic) bond motifs is 9. The molecule has 7 atom stereocenters. The van der Waals surface area contributed by atoms with Crippen molar-refractivity contribution >= 4 is 47.3 Å². The van der Waals surface area contributed by atoms with Crippen molar-refractivity contribution in [3.8, 4) is 0 Å². The molecule has 2 saturated heterocycles. The molecule has 3 aromatic rings. The maximum Gasteiger partial charge on any atom is 0.416 e. The van der Waals surface area contributed by atoms with Crippen LogP contribution in [-0.2, 0) is 15.8 Å². The van der Waals surface area contributed by atoms with Gasteiger partial charge in [-0.05, 0) is 49.1 Å². The van der Waals surface area contributed by atoms with Crippen LogP contribution < -0.4 is 9.77 Å². The van der Waals surface area contributed by atoms with Crippen LogP contribution in [0.25, 0.3) is 0 Å². The van der Waals surface area contributed by atoms with Gasteiger partial charge in [0.15, 0.2) is 0 Å². The topological polar surface area (TPSA) is 70.2 Å². The van der Waals surface area contributed by atoms with Crippen molar-refractivity contribution in [1.82, 2.24) is 4.98 Å². The van der Waals surface area contributed by atoms with Crippen molar-refractivity contribution < 1.29 is 22.8 Å². The number of H-pyrrole nitrogens is 1. The quantitative estimate of drug-likeness (QED) is 0.306. The molecule has 1 aromatic heterocycles. The summed E-state index contributed by atoms with van der Waals surface area (Å²) in [4.78, 5) is 44.4. The van der Waals surface area contributed by atoms with Crippen LogP contribution in [0.15, 0.2) is 64.4 Å². The average Bonchev–Trinajstić information content (AvgIpc) is 3.53. The Morgan fingerprint density at radius 3 is 2.54 bits per heavy atom. The van der Waals surface area contributed by atoms with Crippen LogP contribution in [0.1, 0.15) is 34.8 Å². The molecular weight excluding hydrogens is 540 g/mol. The highest BCUT2D eigenvalue weighted by Gasteiger charge is 2.66. The fourth-order valence-electron chi connectivity index (χ4n) is 6.89. The van der Waals surface area contributed by atoms with Crippen molar-refractivity contribution in [2.24, 2.45) is 17.8 Å². The molecule has 4 heterocycles. The summed E-state index contributed by atoms with van der Waals surface area (Å²) >= 11 is 2.93. The molecule has 11 heteroatoms. The summed E-state index contributed by atoms with van der Waals surface area (Å²) in [6, 6.07) is 14.6. The number of carbonyl (C=O) groups is 2. The number of benzene rings is 2. The predicted molar refractivity (Wildman–Crippen MR) is 137 cm³/mol. The van der Waals surface area contributed by atoms with Crippen molar-refractivity contribution in [2.45, 2.75) is 41.3 Å². The summed E-state index contributed by atoms with van der Waals surface area (Å²) in [5.41, 5.74) is 0.538. The van der Waals surface area contributed by atoms with Crippen LogP contribution in [0.5, 0.6) is 0 Å². The Morgan fingerprint density at radius 2 is 1.78 bits per heavy atom. The normalized spacial score (nSPS) is 32.3. The molecule has 3 aliphatic heterocycles. The van der Waals surface area contributed by atoms with Gasteiger partial charge in [0.1, 0.15) is 0 Å². The zero-order chi connectivity index (χ0) is 25.6. The van der Waals surface area contributed by atoms with Gasteiger partial charge in [-0.3, -0.25) is 19.3 Å². The van der Waals surface area contributed by atoms with E-state index in [1.807, 2.05) is 18.2 Å². The minimum Gasteiger partial charge on any atom is -0.307 e. The number of rotatable bonds is 2. The van der Waals surface area contributed by atoms with Gasteiger partial charge in [-0.25, -0.2) is 0 Å². The van der Waals surface area contributed by atoms with Crippen molar-refractivity contribution in [3.63, 3.8) is 0 Å². The summed E-state index contributed by atoms with van der Waals surface area (Å²) in [6.07, 6.45) is -3.59. The molecule has 7 unspecified atom stereocenters. The molecular formula is C26H20F3N2O3PS2. The number of thiazole rings is 1. The largest absolute Gasteiger partial charge is 0.416 e. The first-order valence-electron chi connectivity index (χ1n) is 12.0. The number of piperidine rings is 1. The van der Waals surface area contributed by atoms with E-state index in [0.717, 1.165) is 38.9 Å². The molecule has 1 aliphatic carbocycles. The van der Waals surface area contributed by atoms with Crippen molar-refractivity contribution in [3.05, 3.63) is 80.3 Å². The third kappa shape index (κ3) is 3.52. The third-order valence-electron chi connectivity index (χ3n) is 8.22. The van der Waals surface area contributed by atoms with Gasteiger partial charge < -0.3 is 4.98 Å². The monoisotopic (exact) mass is 560 g/mol. The first-order chi connectivity index (χ1) is 17.7. The maximum absolute atomic E-state index is 13.8. The molecule has 190 valence electrons. The van der Waals surface area contributed by atoms with Crippen LogP contribution in [0.4, 0.5) is 18.9 Å². The number of hydrogen-bond acceptors (Lipinski definition) is 5. The lowest BCUT2D eigenvalue weighted by Crippen LogP contribution is -2.53. The van der Waals surface area contributed by atoms with Gasteiger partial charge in [0, 0.05) is 28.5 Å². The highest BCUT2D eigenvalue weighted by Crippen LogP contribution is 2.81. The molecule has 3 fully saturated rings. The molecule has 0 spiro atoms. The lowest BCUT2D eigenvalue weighted by molar-refractivity contribution is -0.138. The number of aromatic amines is 1. The van der Waals surface area contributed by atoms with E-state index in [2.05, 4.69) is 17.1 Å². The molecule has 0 radical (unpaired) electrons. The predicted octanol–water partition coefficient (Wildman–Crippen LogP) is 6.06. The summed E-state index contributed by atoms with van der Waals surface area (Å²) in [5, 5.41) is 0.879. The molecule has 7 rings (SSSR count). The fraction of sp³-hybridized carbons (Fsp3) is 0.346. The SMILES string of the molecule is O=C1CC2C3CC(C2C(=O)N1c1cccc(C(F)(F)F)c1)P1Sc2[nH]c(=O)sc2C(c2ccccc2)C31. The molecule has 4 aliphatic rings. The molecule has 1 N–H and O–H groups in total. The minimum absolute atomic E-state index is 0.0155. The van der Waals surface area contributed by atoms with Gasteiger partial charge in [0.2, 0.25) is 11.8 Å². The van der Waals surface area contributed by atoms with E-state index in [1.165, 1.54) is 23.5 Å². The van der Waals surface area contributed by atoms with Crippen LogP contribution in [0.2, 0.25) is 0 Å². The first-order valence-corrected chi connectivity index (χ1v) is 15.7. The fourth-order valence-corrected chi connectivity index (χ4v) is 15.4. The average molecular weight is 561 g/mol. The van der Waals surface area contributed by atoms with Crippen LogP contribution >= 0.6 is 29.8 Å². The summed E-state index contributed by atoms with van der Waals surface area (Å²) in [5.74, 6) is -1.14. The second kappa shape index (κ2) is 8.29. The second-order valence-electron chi connectivity index (χ2n) is 10.0. The zero-order valence-corrected chi connectivity index (χ0v) is 21.7. The van der Waals surface area contributed by atoms with E-state index in [1.54, 1.807) is 11.4 Å². The Hall–Kier alpha value is -2.42. The number of nitrogens with one attached hydrogen (secondary N) is 1. The first kappa shape index (κ1) is 23.7. The Balaban J connectivity index is 1.27. The van der Waals surface area contributed by atoms with Crippen molar-refractivity contribution in [2.75, 3.05) is 4.90 Å². The van der Waals surface area contributed by atoms with E-state index < -0.39 is 30.7 Å². The molecule has 2 bridgehead atoms. The van der Waals surface area contributed by atoms with E-state index >= 15 is 0 Å². The van der Waals surface area contributed by atoms with E-state index in [4.69, 9.17) is 0 Å². The molecule has 2 aromatic carbocycles. The highest BCUT2D eigenvalue weighted by molar-refractivity contribution is 8.56. The van der Waals surface area contributed by atoms with Gasteiger partial charge >= 0.3 is 11.0 Å². The number of imide groups is 1. The Labute approximate surface area is 219 Å². The summed E-state index contributed by atoms with van der Waals surface area (Å²) in [7, 11) is -0.752. The van der Waals surface area contributed by atoms with Crippen molar-refractivity contribution in [1.29, 1.82) is 0 Å². The number of carbonyl (C=O) groups excluding carboxylic acids is 2. The standard InChI is InChI=1S/C26H20F3N2O3PS2/c27-26(28,29)13-7-4-8-14(9-13)31-18(32)11-15-16-10-17(20(15)24(31)33)35-21(16)19(12-5-2-1-3-6-12)22-23(37-35)30-25(34)36-22/h1-9,15-17,19-21H,10-11H2,(H,30,34). The second-order valence-corrected chi connectivity index (χ2v) is 15.4. The van der Waals surface area contributed by atoms with Crippen LogP contribution in [-0.4, -0.2) is 28.1 Å². The summed E-state index contributed by atoms with van der Waals surface area (Å²) < 4.78 is 40.0. The molecule has 1 saturated carbocycles. The number of anilines is 1. The lowest BCUT2D eigenvalue weighted by Gasteiger charge is -2.48. The van der Waals surface area contributed by atoms with Gasteiger partial charge in [0.25, 0.3) is 0 Å². The maximum atomic E-state index is 13.8. The number of nitrogens with zero attached hydrogens (tertiary/aromatic N) is 1. The zero-order valence-electron chi connectivity index (χ0n) is 19.1. The van der Waals surface area contributed by atoms with E-state index in [9.17, 15) is 27.6 Å². The van der Waals surface area contributed by atoms with Crippen LogP contribution in [0.3, 0.4) is 0 Å². The number of hydrogen-bond donors (Lipinski definition) is 1. The Kier molecular flexibility index (Phi) is 5.30. The van der Waals surface area contributed by atoms with Gasteiger partial charge in [-0.2, -0.15) is 13.2 Å². The lowest BCUT2D eigenvalue weighted by atomic mass is 9.76. The number of alkyl halides is 3. The Morgan fingerprint density at radius 1 is 1.00 bits per heavy atom. The highest BCUT2D eigenvalue weighted by atomic mass is 32.7. The summed E-state index contributed by atoms with van der Waals surface area (Å²) in [6.45, 7) is 0. The molecule has 37 heavy (non-hydrogen) atoms. The number of halogens is 3. The smallest absolute Gasteiger partial charge is 0.307 e. The van der Waals surface area contributed by atoms with Gasteiger partial charge in [0.05, 0.1) is 22.2 Å². The van der Waals surface area contributed by atoms with E-state index in [0.29, 0.717) is 0 Å². The van der Waals surface area contributed by atoms with Gasteiger partial charge in [-0.1, -0.05) is 59.1 Å². The minimum atomic E-state index is -4.57. The van der Waals surface area contributed by atoms with Crippen LogP contribution in [0, 0.1) is 17.8 Å².